The molecule has 13 heavy (non-hydrogen) atoms. The molecule has 0 aliphatic rings. The van der Waals surface area contributed by atoms with E-state index >= 15 is 0 Å². The third kappa shape index (κ3) is 3.38. The van der Waals surface area contributed by atoms with Crippen LogP contribution in [0.2, 0.25) is 0 Å². The van der Waals surface area contributed by atoms with Gasteiger partial charge in [-0.3, -0.25) is 4.79 Å². The highest BCUT2D eigenvalue weighted by Crippen LogP contribution is 2.06. The zero-order chi connectivity index (χ0) is 10.3. The number of aryl methyl sites for hydroxylation is 1. The predicted octanol–water partition coefficient (Wildman–Crippen LogP) is 2.16. The first-order valence-electron chi connectivity index (χ1n) is 4.54. The fourth-order valence-electron chi connectivity index (χ4n) is 0.996. The Morgan fingerprint density at radius 3 is 2.31 bits per heavy atom. The fourth-order valence-corrected chi connectivity index (χ4v) is 0.996. The summed E-state index contributed by atoms with van der Waals surface area (Å²) in [6.45, 7) is 5.99. The standard InChI is InChI=1S/C9H11NO.C2H6/c1-7-4-2-3-5-8(7)9(11)6-10;1-2/h2-5H,6,10H2,1H3;1-2H3. The van der Waals surface area contributed by atoms with E-state index in [4.69, 9.17) is 5.73 Å². The topological polar surface area (TPSA) is 43.1 Å². The summed E-state index contributed by atoms with van der Waals surface area (Å²) in [6.07, 6.45) is 0. The minimum atomic E-state index is 0.00287. The molecule has 1 rings (SSSR count). The second-order valence-electron chi connectivity index (χ2n) is 2.44. The normalized spacial score (nSPS) is 8.62. The average Bonchev–Trinajstić information content (AvgIpc) is 2.20. The van der Waals surface area contributed by atoms with Crippen LogP contribution >= 0.6 is 0 Å². The summed E-state index contributed by atoms with van der Waals surface area (Å²) in [4.78, 5) is 11.1. The number of ketones is 1. The number of carbonyl (C=O) groups excluding carboxylic acids is 1. The van der Waals surface area contributed by atoms with E-state index in [1.54, 1.807) is 6.07 Å². The van der Waals surface area contributed by atoms with Crippen LogP contribution in [0.15, 0.2) is 24.3 Å². The minimum absolute atomic E-state index is 0.00287. The maximum Gasteiger partial charge on any atom is 0.176 e. The van der Waals surface area contributed by atoms with Crippen LogP contribution in [0.25, 0.3) is 0 Å². The van der Waals surface area contributed by atoms with Crippen molar-refractivity contribution in [2.24, 2.45) is 5.73 Å². The molecule has 1 aromatic rings. The molecular formula is C11H17NO. The van der Waals surface area contributed by atoms with E-state index in [1.807, 2.05) is 39.0 Å². The Labute approximate surface area is 79.8 Å². The van der Waals surface area contributed by atoms with E-state index < -0.39 is 0 Å². The highest BCUT2D eigenvalue weighted by molar-refractivity contribution is 5.98. The molecule has 0 heterocycles. The van der Waals surface area contributed by atoms with Crippen LogP contribution in [0.3, 0.4) is 0 Å². The maximum atomic E-state index is 11.1. The Kier molecular flexibility index (Phi) is 5.81. The van der Waals surface area contributed by atoms with Gasteiger partial charge in [-0.15, -0.1) is 0 Å². The van der Waals surface area contributed by atoms with Crippen LogP contribution in [0.1, 0.15) is 29.8 Å². The predicted molar refractivity (Wildman–Crippen MR) is 55.9 cm³/mol. The van der Waals surface area contributed by atoms with Crippen LogP contribution in [-0.2, 0) is 0 Å². The second-order valence-corrected chi connectivity index (χ2v) is 2.44. The minimum Gasteiger partial charge on any atom is -0.324 e. The van der Waals surface area contributed by atoms with Crippen molar-refractivity contribution in [1.29, 1.82) is 0 Å². The molecule has 0 amide bonds. The van der Waals surface area contributed by atoms with Crippen LogP contribution in [0.5, 0.6) is 0 Å². The lowest BCUT2D eigenvalue weighted by molar-refractivity contribution is 0.100. The third-order valence-corrected chi connectivity index (χ3v) is 1.63. The Hall–Kier alpha value is -1.15. The van der Waals surface area contributed by atoms with Crippen molar-refractivity contribution in [3.8, 4) is 0 Å². The zero-order valence-electron chi connectivity index (χ0n) is 8.50. The van der Waals surface area contributed by atoms with E-state index in [2.05, 4.69) is 0 Å². The first kappa shape index (κ1) is 11.8. The summed E-state index contributed by atoms with van der Waals surface area (Å²) in [6, 6.07) is 7.45. The molecule has 0 saturated heterocycles. The molecule has 1 aromatic carbocycles. The maximum absolute atomic E-state index is 11.1. The number of rotatable bonds is 2. The van der Waals surface area contributed by atoms with Crippen molar-refractivity contribution < 1.29 is 4.79 Å². The summed E-state index contributed by atoms with van der Waals surface area (Å²) in [5.41, 5.74) is 6.94. The number of hydrogen-bond acceptors (Lipinski definition) is 2. The van der Waals surface area contributed by atoms with Gasteiger partial charge in [0.05, 0.1) is 6.54 Å². The van der Waals surface area contributed by atoms with Crippen LogP contribution in [0, 0.1) is 6.92 Å². The van der Waals surface area contributed by atoms with Crippen molar-refractivity contribution in [2.45, 2.75) is 20.8 Å². The Balaban J connectivity index is 0.000000671. The summed E-state index contributed by atoms with van der Waals surface area (Å²) in [7, 11) is 0. The molecule has 0 fully saturated rings. The fraction of sp³-hybridized carbons (Fsp3) is 0.364. The molecule has 0 bridgehead atoms. The van der Waals surface area contributed by atoms with Gasteiger partial charge >= 0.3 is 0 Å². The van der Waals surface area contributed by atoms with E-state index in [-0.39, 0.29) is 12.3 Å². The average molecular weight is 179 g/mol. The molecule has 0 aliphatic heterocycles. The highest BCUT2D eigenvalue weighted by Gasteiger charge is 2.04. The number of nitrogens with two attached hydrogens (primary N) is 1. The summed E-state index contributed by atoms with van der Waals surface area (Å²) >= 11 is 0. The number of hydrogen-bond donors (Lipinski definition) is 1. The van der Waals surface area contributed by atoms with Gasteiger partial charge in [-0.1, -0.05) is 38.1 Å². The number of benzene rings is 1. The third-order valence-electron chi connectivity index (χ3n) is 1.63. The van der Waals surface area contributed by atoms with Gasteiger partial charge < -0.3 is 5.73 Å². The van der Waals surface area contributed by atoms with Gasteiger partial charge in [-0.05, 0) is 12.5 Å². The van der Waals surface area contributed by atoms with Crippen molar-refractivity contribution in [3.63, 3.8) is 0 Å². The lowest BCUT2D eigenvalue weighted by atomic mass is 10.1. The van der Waals surface area contributed by atoms with Crippen LogP contribution < -0.4 is 5.73 Å². The Morgan fingerprint density at radius 2 is 1.85 bits per heavy atom. The zero-order valence-corrected chi connectivity index (χ0v) is 8.50. The smallest absolute Gasteiger partial charge is 0.176 e. The van der Waals surface area contributed by atoms with Gasteiger partial charge in [0.15, 0.2) is 5.78 Å². The van der Waals surface area contributed by atoms with Gasteiger partial charge in [0.1, 0.15) is 0 Å². The molecule has 2 nitrogen and oxygen atoms in total. The van der Waals surface area contributed by atoms with Gasteiger partial charge in [0.2, 0.25) is 0 Å². The first-order chi connectivity index (χ1) is 6.25. The monoisotopic (exact) mass is 179 g/mol. The van der Waals surface area contributed by atoms with Gasteiger partial charge in [0, 0.05) is 5.56 Å². The quantitative estimate of drug-likeness (QED) is 0.707. The van der Waals surface area contributed by atoms with Crippen molar-refractivity contribution in [1.82, 2.24) is 0 Å². The summed E-state index contributed by atoms with van der Waals surface area (Å²) < 4.78 is 0. The SMILES string of the molecule is CC.Cc1ccccc1C(=O)CN. The molecule has 0 unspecified atom stereocenters. The lowest BCUT2D eigenvalue weighted by Crippen LogP contribution is -2.14. The van der Waals surface area contributed by atoms with E-state index in [1.165, 1.54) is 0 Å². The van der Waals surface area contributed by atoms with Gasteiger partial charge in [-0.25, -0.2) is 0 Å². The van der Waals surface area contributed by atoms with Crippen LogP contribution in [-0.4, -0.2) is 12.3 Å². The molecule has 72 valence electrons. The molecule has 2 N–H and O–H groups in total. The molecule has 0 atom stereocenters. The lowest BCUT2D eigenvalue weighted by Gasteiger charge is -2.00. The first-order valence-corrected chi connectivity index (χ1v) is 4.54. The largest absolute Gasteiger partial charge is 0.324 e. The van der Waals surface area contributed by atoms with E-state index in [9.17, 15) is 4.79 Å². The van der Waals surface area contributed by atoms with Crippen molar-refractivity contribution in [2.75, 3.05) is 6.54 Å². The number of carbonyl (C=O) groups is 1. The molecule has 0 spiro atoms. The molecule has 2 heteroatoms. The van der Waals surface area contributed by atoms with Crippen molar-refractivity contribution in [3.05, 3.63) is 35.4 Å². The summed E-state index contributed by atoms with van der Waals surface area (Å²) in [5.74, 6) is 0.00287. The highest BCUT2D eigenvalue weighted by atomic mass is 16.1. The summed E-state index contributed by atoms with van der Waals surface area (Å²) in [5, 5.41) is 0. The van der Waals surface area contributed by atoms with Gasteiger partial charge in [-0.2, -0.15) is 0 Å². The van der Waals surface area contributed by atoms with Gasteiger partial charge in [0.25, 0.3) is 0 Å². The molecule has 0 saturated carbocycles. The Morgan fingerprint density at radius 1 is 1.31 bits per heavy atom. The molecule has 0 radical (unpaired) electrons. The molecular weight excluding hydrogens is 162 g/mol. The molecule has 0 aromatic heterocycles. The number of Topliss-reactive ketones (excluding diaryl/α,β-unsaturated/α-hetero) is 1. The Bertz CT molecular complexity index is 269. The van der Waals surface area contributed by atoms with Crippen molar-refractivity contribution >= 4 is 5.78 Å². The van der Waals surface area contributed by atoms with Crippen LogP contribution in [0.4, 0.5) is 0 Å². The van der Waals surface area contributed by atoms with E-state index in [0.717, 1.165) is 11.1 Å². The molecule has 0 aliphatic carbocycles. The van der Waals surface area contributed by atoms with E-state index in [0.29, 0.717) is 0 Å². The second kappa shape index (κ2) is 6.38.